The van der Waals surface area contributed by atoms with Gasteiger partial charge < -0.3 is 9.64 Å². The highest BCUT2D eigenvalue weighted by molar-refractivity contribution is 6.76. The normalized spacial score (nSPS) is 19.9. The largest absolute Gasteiger partial charge is 0.484 e. The van der Waals surface area contributed by atoms with Crippen LogP contribution in [0.1, 0.15) is 29.6 Å². The van der Waals surface area contributed by atoms with Gasteiger partial charge in [0, 0.05) is 31.0 Å². The number of amides is 1. The van der Waals surface area contributed by atoms with Crippen molar-refractivity contribution in [3.05, 3.63) is 27.7 Å². The minimum atomic E-state index is -1.99. The smallest absolute Gasteiger partial charge is 0.274 e. The fraction of sp³-hybridized carbons (Fsp3) is 0.467. The monoisotopic (exact) mass is 429 g/mol. The molecule has 0 bridgehead atoms. The lowest BCUT2D eigenvalue weighted by molar-refractivity contribution is -0.133. The van der Waals surface area contributed by atoms with Gasteiger partial charge in [-0.05, 0) is 12.1 Å². The van der Waals surface area contributed by atoms with Crippen molar-refractivity contribution >= 4 is 69.7 Å². The van der Waals surface area contributed by atoms with Crippen molar-refractivity contribution in [2.24, 2.45) is 0 Å². The molecule has 4 nitrogen and oxygen atoms in total. The first-order valence-electron chi connectivity index (χ1n) is 7.19. The summed E-state index contributed by atoms with van der Waals surface area (Å²) in [5.74, 6) is -0.310. The molecular formula is C15H12Cl5NO3. The van der Waals surface area contributed by atoms with Crippen molar-refractivity contribution < 1.29 is 14.3 Å². The van der Waals surface area contributed by atoms with Gasteiger partial charge in [-0.1, -0.05) is 58.0 Å². The van der Waals surface area contributed by atoms with Crippen LogP contribution in [0.4, 0.5) is 0 Å². The molecule has 9 heteroatoms. The zero-order valence-electron chi connectivity index (χ0n) is 12.3. The Balaban J connectivity index is 1.80. The summed E-state index contributed by atoms with van der Waals surface area (Å²) < 4.78 is 4.10. The summed E-state index contributed by atoms with van der Waals surface area (Å²) in [6, 6.07) is 3.09. The second-order valence-corrected chi connectivity index (χ2v) is 9.06. The molecule has 0 aliphatic carbocycles. The zero-order valence-corrected chi connectivity index (χ0v) is 16.0. The molecule has 0 N–H and O–H groups in total. The Morgan fingerprint density at radius 2 is 1.79 bits per heavy atom. The summed E-state index contributed by atoms with van der Waals surface area (Å²) in [4.78, 5) is 26.0. The molecule has 2 heterocycles. The second kappa shape index (κ2) is 6.40. The Labute approximate surface area is 163 Å². The first-order valence-corrected chi connectivity index (χ1v) is 9.08. The maximum Gasteiger partial charge on any atom is 0.274 e. The van der Waals surface area contributed by atoms with Crippen LogP contribution in [0.3, 0.4) is 0 Å². The Bertz CT molecular complexity index is 708. The Morgan fingerprint density at radius 1 is 1.17 bits per heavy atom. The van der Waals surface area contributed by atoms with E-state index >= 15 is 0 Å². The van der Waals surface area contributed by atoms with Crippen molar-refractivity contribution in [3.8, 4) is 5.75 Å². The summed E-state index contributed by atoms with van der Waals surface area (Å²) in [6.07, 6.45) is 1.10. The van der Waals surface area contributed by atoms with Gasteiger partial charge in [0.25, 0.3) is 9.70 Å². The predicted octanol–water partition coefficient (Wildman–Crippen LogP) is 4.69. The van der Waals surface area contributed by atoms with Crippen LogP contribution < -0.4 is 4.74 Å². The van der Waals surface area contributed by atoms with Gasteiger partial charge in [0.1, 0.15) is 11.4 Å². The molecule has 1 aromatic rings. The van der Waals surface area contributed by atoms with Gasteiger partial charge in [-0.25, -0.2) is 0 Å². The van der Waals surface area contributed by atoms with Crippen LogP contribution in [0, 0.1) is 0 Å². The molecule has 0 atom stereocenters. The van der Waals surface area contributed by atoms with Crippen LogP contribution in [-0.4, -0.2) is 39.1 Å². The van der Waals surface area contributed by atoms with Crippen molar-refractivity contribution in [3.63, 3.8) is 0 Å². The molecule has 24 heavy (non-hydrogen) atoms. The molecule has 0 radical (unpaired) electrons. The quantitative estimate of drug-likeness (QED) is 0.560. The average molecular weight is 432 g/mol. The van der Waals surface area contributed by atoms with Crippen molar-refractivity contribution in [2.75, 3.05) is 13.1 Å². The highest BCUT2D eigenvalue weighted by atomic mass is 35.6. The average Bonchev–Trinajstić information content (AvgIpc) is 2.48. The van der Waals surface area contributed by atoms with E-state index in [1.54, 1.807) is 6.07 Å². The van der Waals surface area contributed by atoms with E-state index in [0.29, 0.717) is 47.3 Å². The molecule has 1 aromatic carbocycles. The van der Waals surface area contributed by atoms with E-state index in [1.807, 2.05) is 0 Å². The minimum Gasteiger partial charge on any atom is -0.484 e. The molecule has 0 unspecified atom stereocenters. The molecule has 3 rings (SSSR count). The molecule has 130 valence electrons. The lowest BCUT2D eigenvalue weighted by Gasteiger charge is -2.44. The standard InChI is InChI=1S/C15H12Cl5NO3/c16-8-5-9-11(22)7-14(24-12(9)10(17)6-8)1-3-21(4-2-14)13(23)15(18,19)20/h5-6H,1-4,7H2. The highest BCUT2D eigenvalue weighted by Crippen LogP contribution is 2.44. The first kappa shape index (κ1) is 18.4. The van der Waals surface area contributed by atoms with Gasteiger partial charge in [0.15, 0.2) is 5.78 Å². The number of carbonyl (C=O) groups is 2. The van der Waals surface area contributed by atoms with Gasteiger partial charge in [0.05, 0.1) is 17.0 Å². The number of ketones is 1. The highest BCUT2D eigenvalue weighted by Gasteiger charge is 2.46. The minimum absolute atomic E-state index is 0.0817. The number of ether oxygens (including phenoxy) is 1. The molecule has 0 aromatic heterocycles. The van der Waals surface area contributed by atoms with Crippen molar-refractivity contribution in [2.45, 2.75) is 28.7 Å². The topological polar surface area (TPSA) is 46.6 Å². The number of benzene rings is 1. The molecule has 0 saturated carbocycles. The molecular weight excluding hydrogens is 419 g/mol. The van der Waals surface area contributed by atoms with E-state index in [9.17, 15) is 9.59 Å². The molecule has 2 aliphatic heterocycles. The number of nitrogens with zero attached hydrogens (tertiary/aromatic N) is 1. The summed E-state index contributed by atoms with van der Waals surface area (Å²) >= 11 is 29.1. The van der Waals surface area contributed by atoms with Crippen LogP contribution in [0.2, 0.25) is 10.0 Å². The third-order valence-corrected chi connectivity index (χ3v) is 5.30. The third-order valence-electron chi connectivity index (χ3n) is 4.31. The van der Waals surface area contributed by atoms with Crippen LogP contribution in [0.5, 0.6) is 5.75 Å². The molecule has 2 aliphatic rings. The van der Waals surface area contributed by atoms with Crippen LogP contribution in [0.25, 0.3) is 0 Å². The Hall–Kier alpha value is -0.390. The van der Waals surface area contributed by atoms with Crippen molar-refractivity contribution in [1.29, 1.82) is 0 Å². The van der Waals surface area contributed by atoms with Crippen LogP contribution in [-0.2, 0) is 4.79 Å². The number of piperidine rings is 1. The van der Waals surface area contributed by atoms with Crippen LogP contribution in [0.15, 0.2) is 12.1 Å². The number of halogens is 5. The number of hydrogen-bond acceptors (Lipinski definition) is 3. The van der Waals surface area contributed by atoms with Gasteiger partial charge in [-0.3, -0.25) is 9.59 Å². The van der Waals surface area contributed by atoms with Gasteiger partial charge in [-0.15, -0.1) is 0 Å². The number of alkyl halides is 3. The van der Waals surface area contributed by atoms with E-state index in [1.165, 1.54) is 11.0 Å². The summed E-state index contributed by atoms with van der Waals surface area (Å²) in [5.41, 5.74) is -0.315. The Kier molecular flexibility index (Phi) is 4.91. The fourth-order valence-electron chi connectivity index (χ4n) is 3.09. The maximum atomic E-state index is 12.5. The van der Waals surface area contributed by atoms with E-state index in [-0.39, 0.29) is 12.2 Å². The number of rotatable bonds is 0. The second-order valence-electron chi connectivity index (χ2n) is 5.94. The van der Waals surface area contributed by atoms with Crippen molar-refractivity contribution in [1.82, 2.24) is 4.90 Å². The number of likely N-dealkylation sites (tertiary alicyclic amines) is 1. The number of carbonyl (C=O) groups excluding carboxylic acids is 2. The maximum absolute atomic E-state index is 12.5. The van der Waals surface area contributed by atoms with E-state index in [4.69, 9.17) is 62.7 Å². The predicted molar refractivity (Wildman–Crippen MR) is 94.9 cm³/mol. The molecule has 1 spiro atoms. The lowest BCUT2D eigenvalue weighted by Crippen LogP contribution is -2.54. The first-order chi connectivity index (χ1) is 11.1. The summed E-state index contributed by atoms with van der Waals surface area (Å²) in [7, 11) is 0. The number of hydrogen-bond donors (Lipinski definition) is 0. The SMILES string of the molecule is O=C1CC2(CCN(C(=O)C(Cl)(Cl)Cl)CC2)Oc2c(Cl)cc(Cl)cc21. The molecule has 1 saturated heterocycles. The summed E-state index contributed by atoms with van der Waals surface area (Å²) in [5, 5.41) is 0.680. The zero-order chi connectivity index (χ0) is 17.7. The van der Waals surface area contributed by atoms with Crippen LogP contribution >= 0.6 is 58.0 Å². The lowest BCUT2D eigenvalue weighted by atomic mass is 9.82. The van der Waals surface area contributed by atoms with E-state index in [0.717, 1.165) is 0 Å². The Morgan fingerprint density at radius 3 is 2.38 bits per heavy atom. The van der Waals surface area contributed by atoms with E-state index in [2.05, 4.69) is 0 Å². The number of fused-ring (bicyclic) bond motifs is 1. The van der Waals surface area contributed by atoms with Gasteiger partial charge in [0.2, 0.25) is 0 Å². The molecule has 1 amide bonds. The number of Topliss-reactive ketones (excluding diaryl/α,β-unsaturated/α-hetero) is 1. The van der Waals surface area contributed by atoms with Gasteiger partial charge in [-0.2, -0.15) is 0 Å². The van der Waals surface area contributed by atoms with Gasteiger partial charge >= 0.3 is 0 Å². The molecule has 1 fully saturated rings. The third kappa shape index (κ3) is 3.45. The fourth-order valence-corrected chi connectivity index (χ4v) is 3.98. The summed E-state index contributed by atoms with van der Waals surface area (Å²) in [6.45, 7) is 0.668. The van der Waals surface area contributed by atoms with E-state index < -0.39 is 15.3 Å².